The molecule has 20 heavy (non-hydrogen) atoms. The molecule has 2 rings (SSSR count). The summed E-state index contributed by atoms with van der Waals surface area (Å²) in [7, 11) is 0. The Bertz CT molecular complexity index is 634. The monoisotopic (exact) mass is 272 g/mol. The molecular weight excluding hydrogens is 259 g/mol. The number of hydrogen-bond donors (Lipinski definition) is 2. The van der Waals surface area contributed by atoms with E-state index in [0.29, 0.717) is 11.3 Å². The van der Waals surface area contributed by atoms with E-state index in [-0.39, 0.29) is 5.75 Å². The number of benzene rings is 2. The summed E-state index contributed by atoms with van der Waals surface area (Å²) in [5.41, 5.74) is 4.10. The molecule has 0 saturated carbocycles. The van der Waals surface area contributed by atoms with Gasteiger partial charge < -0.3 is 5.11 Å². The summed E-state index contributed by atoms with van der Waals surface area (Å²) in [4.78, 5) is 11.8. The number of hydrazone groups is 1. The third kappa shape index (κ3) is 3.41. The van der Waals surface area contributed by atoms with Crippen LogP contribution in [0, 0.1) is 5.82 Å². The first-order valence-corrected chi connectivity index (χ1v) is 5.96. The molecule has 4 nitrogen and oxygen atoms in total. The van der Waals surface area contributed by atoms with Gasteiger partial charge >= 0.3 is 0 Å². The fraction of sp³-hybridized carbons (Fsp3) is 0.0667. The molecule has 0 fully saturated rings. The lowest BCUT2D eigenvalue weighted by Gasteiger charge is -2.03. The van der Waals surface area contributed by atoms with Crippen LogP contribution in [0.25, 0.3) is 0 Å². The lowest BCUT2D eigenvalue weighted by molar-refractivity contribution is 0.0955. The van der Waals surface area contributed by atoms with Crippen molar-refractivity contribution in [2.24, 2.45) is 5.10 Å². The maximum absolute atomic E-state index is 12.7. The summed E-state index contributed by atoms with van der Waals surface area (Å²) < 4.78 is 12.7. The number of nitrogens with zero attached hydrogens (tertiary/aromatic N) is 1. The second kappa shape index (κ2) is 5.97. The Balaban J connectivity index is 2.06. The molecule has 0 aromatic heterocycles. The molecule has 5 heteroatoms. The van der Waals surface area contributed by atoms with Gasteiger partial charge in [0.2, 0.25) is 0 Å². The van der Waals surface area contributed by atoms with E-state index < -0.39 is 11.7 Å². The van der Waals surface area contributed by atoms with Crippen LogP contribution >= 0.6 is 0 Å². The number of halogens is 1. The van der Waals surface area contributed by atoms with Crippen LogP contribution < -0.4 is 5.43 Å². The van der Waals surface area contributed by atoms with E-state index in [4.69, 9.17) is 0 Å². The SMILES string of the molecule is CC(=NNC(=O)c1ccc(F)cc1)c1ccc(O)cc1. The van der Waals surface area contributed by atoms with E-state index >= 15 is 0 Å². The van der Waals surface area contributed by atoms with E-state index in [1.807, 2.05) is 0 Å². The maximum Gasteiger partial charge on any atom is 0.271 e. The highest BCUT2D eigenvalue weighted by Crippen LogP contribution is 2.10. The average Bonchev–Trinajstić information content (AvgIpc) is 2.46. The number of hydrogen-bond acceptors (Lipinski definition) is 3. The summed E-state index contributed by atoms with van der Waals surface area (Å²) in [6, 6.07) is 11.7. The number of carbonyl (C=O) groups is 1. The first-order chi connectivity index (χ1) is 9.56. The Morgan fingerprint density at radius 3 is 2.20 bits per heavy atom. The van der Waals surface area contributed by atoms with Gasteiger partial charge in [0.15, 0.2) is 0 Å². The van der Waals surface area contributed by atoms with Crippen LogP contribution in [0.2, 0.25) is 0 Å². The Morgan fingerprint density at radius 2 is 1.60 bits per heavy atom. The van der Waals surface area contributed by atoms with Gasteiger partial charge in [-0.3, -0.25) is 4.79 Å². The molecule has 102 valence electrons. The Labute approximate surface area is 115 Å². The van der Waals surface area contributed by atoms with Crippen LogP contribution in [0.15, 0.2) is 53.6 Å². The molecular formula is C15H13FN2O2. The second-order valence-electron chi connectivity index (χ2n) is 4.19. The minimum absolute atomic E-state index is 0.164. The standard InChI is InChI=1S/C15H13FN2O2/c1-10(11-4-8-14(19)9-5-11)17-18-15(20)12-2-6-13(16)7-3-12/h2-9,19H,1H3,(H,18,20). The largest absolute Gasteiger partial charge is 0.508 e. The molecule has 0 aliphatic heterocycles. The van der Waals surface area contributed by atoms with Gasteiger partial charge in [0.25, 0.3) is 5.91 Å². The zero-order valence-corrected chi connectivity index (χ0v) is 10.8. The van der Waals surface area contributed by atoms with Crippen LogP contribution in [0.5, 0.6) is 5.75 Å². The third-order valence-electron chi connectivity index (χ3n) is 2.72. The van der Waals surface area contributed by atoms with Crippen LogP contribution in [0.1, 0.15) is 22.8 Å². The molecule has 2 N–H and O–H groups in total. The highest BCUT2D eigenvalue weighted by atomic mass is 19.1. The minimum Gasteiger partial charge on any atom is -0.508 e. The number of phenolic OH excluding ortho intramolecular Hbond substituents is 1. The molecule has 0 unspecified atom stereocenters. The molecule has 0 bridgehead atoms. The normalized spacial score (nSPS) is 11.2. The van der Waals surface area contributed by atoms with Gasteiger partial charge in [-0.15, -0.1) is 0 Å². The molecule has 0 spiro atoms. The summed E-state index contributed by atoms with van der Waals surface area (Å²) in [5, 5.41) is 13.2. The van der Waals surface area contributed by atoms with Crippen molar-refractivity contribution in [1.29, 1.82) is 0 Å². The van der Waals surface area contributed by atoms with E-state index in [0.717, 1.165) is 5.56 Å². The molecule has 0 saturated heterocycles. The van der Waals surface area contributed by atoms with Crippen molar-refractivity contribution < 1.29 is 14.3 Å². The van der Waals surface area contributed by atoms with E-state index in [1.165, 1.54) is 36.4 Å². The van der Waals surface area contributed by atoms with Crippen molar-refractivity contribution in [3.05, 3.63) is 65.5 Å². The summed E-state index contributed by atoms with van der Waals surface area (Å²) in [6.45, 7) is 1.73. The third-order valence-corrected chi connectivity index (χ3v) is 2.72. The smallest absolute Gasteiger partial charge is 0.271 e. The van der Waals surface area contributed by atoms with Crippen LogP contribution in [0.4, 0.5) is 4.39 Å². The van der Waals surface area contributed by atoms with Crippen molar-refractivity contribution in [3.8, 4) is 5.75 Å². The summed E-state index contributed by atoms with van der Waals surface area (Å²) in [5.74, 6) is -0.648. The van der Waals surface area contributed by atoms with Gasteiger partial charge in [-0.25, -0.2) is 9.82 Å². The Hall–Kier alpha value is -2.69. The lowest BCUT2D eigenvalue weighted by atomic mass is 10.1. The Morgan fingerprint density at radius 1 is 1.05 bits per heavy atom. The average molecular weight is 272 g/mol. The molecule has 2 aromatic rings. The van der Waals surface area contributed by atoms with Crippen LogP contribution in [-0.4, -0.2) is 16.7 Å². The second-order valence-corrected chi connectivity index (χ2v) is 4.19. The van der Waals surface area contributed by atoms with Gasteiger partial charge in [-0.1, -0.05) is 0 Å². The molecule has 0 aliphatic carbocycles. The zero-order chi connectivity index (χ0) is 14.5. The van der Waals surface area contributed by atoms with Crippen molar-refractivity contribution >= 4 is 11.6 Å². The summed E-state index contributed by atoms with van der Waals surface area (Å²) >= 11 is 0. The molecule has 0 radical (unpaired) electrons. The number of aromatic hydroxyl groups is 1. The first kappa shape index (κ1) is 13.7. The van der Waals surface area contributed by atoms with Gasteiger partial charge in [-0.05, 0) is 61.0 Å². The predicted molar refractivity (Wildman–Crippen MR) is 74.2 cm³/mol. The Kier molecular flexibility index (Phi) is 4.10. The molecule has 0 aliphatic rings. The van der Waals surface area contributed by atoms with Gasteiger partial charge in [0, 0.05) is 5.56 Å². The number of rotatable bonds is 3. The highest BCUT2D eigenvalue weighted by molar-refractivity contribution is 6.00. The van der Waals surface area contributed by atoms with Crippen LogP contribution in [-0.2, 0) is 0 Å². The fourth-order valence-corrected chi connectivity index (χ4v) is 1.57. The van der Waals surface area contributed by atoms with Gasteiger partial charge in [0.05, 0.1) is 5.71 Å². The van der Waals surface area contributed by atoms with Crippen molar-refractivity contribution in [2.45, 2.75) is 6.92 Å². The first-order valence-electron chi connectivity index (χ1n) is 5.96. The van der Waals surface area contributed by atoms with Gasteiger partial charge in [0.1, 0.15) is 11.6 Å². The van der Waals surface area contributed by atoms with E-state index in [9.17, 15) is 14.3 Å². The highest BCUT2D eigenvalue weighted by Gasteiger charge is 2.05. The van der Waals surface area contributed by atoms with E-state index in [2.05, 4.69) is 10.5 Å². The number of carbonyl (C=O) groups excluding carboxylic acids is 1. The predicted octanol–water partition coefficient (Wildman–Crippen LogP) is 2.69. The zero-order valence-electron chi connectivity index (χ0n) is 10.8. The van der Waals surface area contributed by atoms with Crippen LogP contribution in [0.3, 0.4) is 0 Å². The molecule has 1 amide bonds. The van der Waals surface area contributed by atoms with Crippen molar-refractivity contribution in [1.82, 2.24) is 5.43 Å². The number of phenols is 1. The van der Waals surface area contributed by atoms with Crippen molar-refractivity contribution in [3.63, 3.8) is 0 Å². The molecule has 0 atom stereocenters. The number of nitrogens with one attached hydrogen (secondary N) is 1. The fourth-order valence-electron chi connectivity index (χ4n) is 1.57. The number of amides is 1. The van der Waals surface area contributed by atoms with E-state index in [1.54, 1.807) is 19.1 Å². The lowest BCUT2D eigenvalue weighted by Crippen LogP contribution is -2.19. The van der Waals surface area contributed by atoms with Gasteiger partial charge in [-0.2, -0.15) is 5.10 Å². The topological polar surface area (TPSA) is 61.7 Å². The molecule has 2 aromatic carbocycles. The maximum atomic E-state index is 12.7. The minimum atomic E-state index is -0.414. The van der Waals surface area contributed by atoms with Crippen molar-refractivity contribution in [2.75, 3.05) is 0 Å². The molecule has 0 heterocycles. The summed E-state index contributed by atoms with van der Waals surface area (Å²) in [6.07, 6.45) is 0. The quantitative estimate of drug-likeness (QED) is 0.666.